The van der Waals surface area contributed by atoms with Gasteiger partial charge in [-0.3, -0.25) is 4.79 Å². The zero-order valence-electron chi connectivity index (χ0n) is 10.2. The van der Waals surface area contributed by atoms with Crippen LogP contribution in [0.3, 0.4) is 0 Å². The Morgan fingerprint density at radius 3 is 2.72 bits per heavy atom. The molecule has 2 atom stereocenters. The van der Waals surface area contributed by atoms with Crippen molar-refractivity contribution in [3.05, 3.63) is 34.3 Å². The molecule has 0 bridgehead atoms. The van der Waals surface area contributed by atoms with E-state index in [1.54, 1.807) is 0 Å². The highest BCUT2D eigenvalue weighted by Crippen LogP contribution is 2.24. The zero-order valence-corrected chi connectivity index (χ0v) is 11.8. The molecule has 0 aliphatic heterocycles. The van der Waals surface area contributed by atoms with Crippen molar-refractivity contribution in [1.82, 2.24) is 5.32 Å². The Kier molecular flexibility index (Phi) is 4.78. The van der Waals surface area contributed by atoms with Gasteiger partial charge in [0.15, 0.2) is 0 Å². The summed E-state index contributed by atoms with van der Waals surface area (Å²) in [5.41, 5.74) is 1.23. The van der Waals surface area contributed by atoms with Gasteiger partial charge in [-0.15, -0.1) is 0 Å². The van der Waals surface area contributed by atoms with Gasteiger partial charge < -0.3 is 10.4 Å². The predicted octanol–water partition coefficient (Wildman–Crippen LogP) is 3.18. The first-order valence-electron chi connectivity index (χ1n) is 6.36. The van der Waals surface area contributed by atoms with Crippen molar-refractivity contribution in [2.24, 2.45) is 5.92 Å². The van der Waals surface area contributed by atoms with E-state index in [1.165, 1.54) is 5.56 Å². The Morgan fingerprint density at radius 2 is 2.06 bits per heavy atom. The molecule has 3 nitrogen and oxygen atoms in total. The number of benzene rings is 1. The molecule has 98 valence electrons. The number of carbonyl (C=O) groups is 1. The maximum Gasteiger partial charge on any atom is 0.306 e. The number of carboxylic acid groups (broad SMARTS) is 1. The molecule has 1 aliphatic carbocycles. The van der Waals surface area contributed by atoms with Crippen LogP contribution >= 0.6 is 15.9 Å². The van der Waals surface area contributed by atoms with Crippen LogP contribution in [0.2, 0.25) is 0 Å². The second-order valence-electron chi connectivity index (χ2n) is 4.91. The van der Waals surface area contributed by atoms with Gasteiger partial charge in [-0.1, -0.05) is 34.5 Å². The Morgan fingerprint density at radius 1 is 1.33 bits per heavy atom. The summed E-state index contributed by atoms with van der Waals surface area (Å²) in [6.07, 6.45) is 3.67. The summed E-state index contributed by atoms with van der Waals surface area (Å²) in [5, 5.41) is 12.5. The average Bonchev–Trinajstić information content (AvgIpc) is 2.38. The molecule has 1 saturated carbocycles. The van der Waals surface area contributed by atoms with Crippen LogP contribution in [0.15, 0.2) is 28.7 Å². The quantitative estimate of drug-likeness (QED) is 0.898. The molecule has 4 heteroatoms. The minimum absolute atomic E-state index is 0.166. The van der Waals surface area contributed by atoms with E-state index in [0.717, 1.165) is 36.7 Å². The summed E-state index contributed by atoms with van der Waals surface area (Å²) in [5.74, 6) is -0.814. The van der Waals surface area contributed by atoms with Crippen molar-refractivity contribution >= 4 is 21.9 Å². The first-order valence-corrected chi connectivity index (χ1v) is 7.15. The highest BCUT2D eigenvalue weighted by Gasteiger charge is 2.26. The van der Waals surface area contributed by atoms with Gasteiger partial charge in [-0.2, -0.15) is 0 Å². The van der Waals surface area contributed by atoms with Crippen molar-refractivity contribution in [2.75, 3.05) is 0 Å². The van der Waals surface area contributed by atoms with E-state index < -0.39 is 5.97 Å². The number of rotatable bonds is 4. The normalized spacial score (nSPS) is 23.8. The standard InChI is InChI=1S/C14H18BrNO2/c15-12-6-4-10(5-7-12)9-16-13-3-1-2-11(8-13)14(17)18/h4-7,11,13,16H,1-3,8-9H2,(H,17,18). The maximum absolute atomic E-state index is 11.0. The summed E-state index contributed by atoms with van der Waals surface area (Å²) in [4.78, 5) is 11.0. The molecule has 18 heavy (non-hydrogen) atoms. The summed E-state index contributed by atoms with van der Waals surface area (Å²) in [6, 6.07) is 8.54. The Balaban J connectivity index is 1.82. The SMILES string of the molecule is O=C(O)C1CCCC(NCc2ccc(Br)cc2)C1. The number of halogens is 1. The van der Waals surface area contributed by atoms with E-state index in [-0.39, 0.29) is 5.92 Å². The van der Waals surface area contributed by atoms with Crippen molar-refractivity contribution in [3.63, 3.8) is 0 Å². The lowest BCUT2D eigenvalue weighted by Crippen LogP contribution is -2.36. The predicted molar refractivity (Wildman–Crippen MR) is 74.4 cm³/mol. The molecule has 1 aliphatic rings. The van der Waals surface area contributed by atoms with Crippen LogP contribution in [0.4, 0.5) is 0 Å². The molecule has 0 heterocycles. The molecular weight excluding hydrogens is 294 g/mol. The van der Waals surface area contributed by atoms with Crippen LogP contribution in [-0.2, 0) is 11.3 Å². The van der Waals surface area contributed by atoms with Crippen LogP contribution < -0.4 is 5.32 Å². The molecule has 1 aromatic rings. The van der Waals surface area contributed by atoms with Gasteiger partial charge in [-0.25, -0.2) is 0 Å². The third-order valence-electron chi connectivity index (χ3n) is 3.53. The minimum Gasteiger partial charge on any atom is -0.481 e. The van der Waals surface area contributed by atoms with E-state index in [2.05, 4.69) is 33.4 Å². The number of hydrogen-bond donors (Lipinski definition) is 2. The Labute approximate surface area is 116 Å². The Bertz CT molecular complexity index is 405. The van der Waals surface area contributed by atoms with Crippen LogP contribution in [0.5, 0.6) is 0 Å². The topological polar surface area (TPSA) is 49.3 Å². The fourth-order valence-electron chi connectivity index (χ4n) is 2.46. The molecule has 0 aromatic heterocycles. The van der Waals surface area contributed by atoms with Crippen molar-refractivity contribution in [2.45, 2.75) is 38.3 Å². The molecule has 1 fully saturated rings. The largest absolute Gasteiger partial charge is 0.481 e. The lowest BCUT2D eigenvalue weighted by atomic mass is 9.86. The monoisotopic (exact) mass is 311 g/mol. The lowest BCUT2D eigenvalue weighted by Gasteiger charge is -2.27. The fraction of sp³-hybridized carbons (Fsp3) is 0.500. The van der Waals surface area contributed by atoms with Crippen molar-refractivity contribution in [3.8, 4) is 0 Å². The minimum atomic E-state index is -0.648. The van der Waals surface area contributed by atoms with Crippen LogP contribution in [-0.4, -0.2) is 17.1 Å². The Hall–Kier alpha value is -0.870. The van der Waals surface area contributed by atoms with Gasteiger partial charge in [0.05, 0.1) is 5.92 Å². The average molecular weight is 312 g/mol. The lowest BCUT2D eigenvalue weighted by molar-refractivity contribution is -0.143. The van der Waals surface area contributed by atoms with Gasteiger partial charge in [0.25, 0.3) is 0 Å². The van der Waals surface area contributed by atoms with E-state index in [4.69, 9.17) is 5.11 Å². The molecule has 0 spiro atoms. The van der Waals surface area contributed by atoms with Crippen LogP contribution in [0, 0.1) is 5.92 Å². The van der Waals surface area contributed by atoms with Gasteiger partial charge >= 0.3 is 5.97 Å². The molecule has 0 amide bonds. The summed E-state index contributed by atoms with van der Waals surface area (Å²) < 4.78 is 1.08. The second-order valence-corrected chi connectivity index (χ2v) is 5.82. The summed E-state index contributed by atoms with van der Waals surface area (Å²) >= 11 is 3.41. The van der Waals surface area contributed by atoms with Gasteiger partial charge in [0, 0.05) is 17.1 Å². The van der Waals surface area contributed by atoms with E-state index in [1.807, 2.05) is 12.1 Å². The van der Waals surface area contributed by atoms with E-state index >= 15 is 0 Å². The summed E-state index contributed by atoms with van der Waals surface area (Å²) in [6.45, 7) is 0.810. The third-order valence-corrected chi connectivity index (χ3v) is 4.06. The molecular formula is C14H18BrNO2. The number of nitrogens with one attached hydrogen (secondary N) is 1. The van der Waals surface area contributed by atoms with Crippen LogP contribution in [0.1, 0.15) is 31.2 Å². The highest BCUT2D eigenvalue weighted by molar-refractivity contribution is 9.10. The fourth-order valence-corrected chi connectivity index (χ4v) is 2.73. The first kappa shape index (κ1) is 13.6. The molecule has 0 saturated heterocycles. The van der Waals surface area contributed by atoms with E-state index in [0.29, 0.717) is 6.04 Å². The van der Waals surface area contributed by atoms with E-state index in [9.17, 15) is 4.79 Å². The van der Waals surface area contributed by atoms with Gasteiger partial charge in [0.1, 0.15) is 0 Å². The number of carboxylic acids is 1. The van der Waals surface area contributed by atoms with Crippen LogP contribution in [0.25, 0.3) is 0 Å². The van der Waals surface area contributed by atoms with Gasteiger partial charge in [-0.05, 0) is 37.0 Å². The zero-order chi connectivity index (χ0) is 13.0. The molecule has 2 unspecified atom stereocenters. The molecule has 0 radical (unpaired) electrons. The summed E-state index contributed by atoms with van der Waals surface area (Å²) in [7, 11) is 0. The van der Waals surface area contributed by atoms with Crippen molar-refractivity contribution in [1.29, 1.82) is 0 Å². The molecule has 1 aromatic carbocycles. The number of hydrogen-bond acceptors (Lipinski definition) is 2. The maximum atomic E-state index is 11.0. The second kappa shape index (κ2) is 6.34. The third kappa shape index (κ3) is 3.82. The van der Waals surface area contributed by atoms with Gasteiger partial charge in [0.2, 0.25) is 0 Å². The molecule has 2 N–H and O–H groups in total. The first-order chi connectivity index (χ1) is 8.65. The van der Waals surface area contributed by atoms with Crippen molar-refractivity contribution < 1.29 is 9.90 Å². The highest BCUT2D eigenvalue weighted by atomic mass is 79.9. The smallest absolute Gasteiger partial charge is 0.306 e. The number of aliphatic carboxylic acids is 1. The molecule has 2 rings (SSSR count).